The van der Waals surface area contributed by atoms with Gasteiger partial charge in [-0.1, -0.05) is 47.5 Å². The Morgan fingerprint density at radius 3 is 2.53 bits per heavy atom. The number of methoxy groups -OCH3 is 1. The number of carbonyl (C=O) groups is 1. The first-order chi connectivity index (χ1) is 17.2. The van der Waals surface area contributed by atoms with Crippen LogP contribution >= 0.6 is 46.3 Å². The van der Waals surface area contributed by atoms with Crippen molar-refractivity contribution in [2.75, 3.05) is 13.7 Å². The molecule has 3 aromatic rings. The van der Waals surface area contributed by atoms with Crippen LogP contribution in [0.4, 0.5) is 0 Å². The van der Waals surface area contributed by atoms with Gasteiger partial charge in [0.25, 0.3) is 15.9 Å². The molecule has 1 amide bonds. The van der Waals surface area contributed by atoms with Gasteiger partial charge in [0.2, 0.25) is 0 Å². The summed E-state index contributed by atoms with van der Waals surface area (Å²) in [7, 11) is -2.47. The number of carbonyl (C=O) groups excluding carboxylic acids is 1. The SMILES string of the molecule is CCN1C(=O)C(=Cc2ccc(OC)c(OCc3ccccc3Cl)c2)SC1=NS(=O)(=O)c1ccc(Cl)s1. The molecule has 0 unspecified atom stereocenters. The van der Waals surface area contributed by atoms with Crippen LogP contribution in [0.25, 0.3) is 6.08 Å². The molecule has 1 aliphatic rings. The maximum Gasteiger partial charge on any atom is 0.294 e. The van der Waals surface area contributed by atoms with Crippen LogP contribution in [0.5, 0.6) is 11.5 Å². The Kier molecular flexibility index (Phi) is 8.31. The summed E-state index contributed by atoms with van der Waals surface area (Å²) in [5.41, 5.74) is 1.49. The Balaban J connectivity index is 1.61. The Morgan fingerprint density at radius 2 is 1.86 bits per heavy atom. The number of amides is 1. The van der Waals surface area contributed by atoms with Crippen molar-refractivity contribution in [1.82, 2.24) is 4.90 Å². The Bertz CT molecular complexity index is 1470. The van der Waals surface area contributed by atoms with Gasteiger partial charge in [-0.15, -0.1) is 15.7 Å². The molecule has 7 nitrogen and oxygen atoms in total. The number of hydrogen-bond donors (Lipinski definition) is 0. The van der Waals surface area contributed by atoms with Crippen molar-refractivity contribution in [3.8, 4) is 11.5 Å². The number of sulfonamides is 1. The first-order valence-corrected chi connectivity index (χ1v) is 14.4. The van der Waals surface area contributed by atoms with Gasteiger partial charge in [0.05, 0.1) is 16.4 Å². The molecular weight excluding hydrogens is 563 g/mol. The van der Waals surface area contributed by atoms with Crippen LogP contribution in [-0.4, -0.2) is 38.0 Å². The van der Waals surface area contributed by atoms with E-state index >= 15 is 0 Å². The third kappa shape index (κ3) is 5.90. The summed E-state index contributed by atoms with van der Waals surface area (Å²) in [5, 5.41) is 0.677. The summed E-state index contributed by atoms with van der Waals surface area (Å²) in [5.74, 6) is 0.656. The average molecular weight is 584 g/mol. The lowest BCUT2D eigenvalue weighted by Gasteiger charge is -2.12. The summed E-state index contributed by atoms with van der Waals surface area (Å²) in [6.07, 6.45) is 1.66. The number of thioether (sulfide) groups is 1. The Morgan fingerprint density at radius 1 is 1.08 bits per heavy atom. The summed E-state index contributed by atoms with van der Waals surface area (Å²) in [6, 6.07) is 15.5. The third-order valence-corrected chi connectivity index (χ3v) is 9.49. The molecule has 4 rings (SSSR count). The number of hydrogen-bond acceptors (Lipinski definition) is 7. The molecule has 12 heteroatoms. The van der Waals surface area contributed by atoms with Crippen molar-refractivity contribution in [3.63, 3.8) is 0 Å². The van der Waals surface area contributed by atoms with Crippen LogP contribution in [0, 0.1) is 0 Å². The number of ether oxygens (including phenoxy) is 2. The fourth-order valence-electron chi connectivity index (χ4n) is 3.26. The van der Waals surface area contributed by atoms with Gasteiger partial charge in [-0.3, -0.25) is 9.69 Å². The molecule has 1 aromatic heterocycles. The van der Waals surface area contributed by atoms with E-state index in [1.54, 1.807) is 37.3 Å². The Labute approximate surface area is 227 Å². The highest BCUT2D eigenvalue weighted by atomic mass is 35.5. The van der Waals surface area contributed by atoms with E-state index in [2.05, 4.69) is 4.40 Å². The van der Waals surface area contributed by atoms with E-state index in [4.69, 9.17) is 32.7 Å². The minimum Gasteiger partial charge on any atom is -0.493 e. The smallest absolute Gasteiger partial charge is 0.294 e. The van der Waals surface area contributed by atoms with Crippen LogP contribution in [-0.2, 0) is 21.4 Å². The fourth-order valence-corrected chi connectivity index (χ4v) is 7.15. The lowest BCUT2D eigenvalue weighted by molar-refractivity contribution is -0.122. The van der Waals surface area contributed by atoms with Gasteiger partial charge in [0.15, 0.2) is 16.7 Å². The summed E-state index contributed by atoms with van der Waals surface area (Å²) >= 11 is 14.0. The van der Waals surface area contributed by atoms with Gasteiger partial charge in [-0.25, -0.2) is 0 Å². The molecule has 36 heavy (non-hydrogen) atoms. The topological polar surface area (TPSA) is 85.3 Å². The molecule has 2 aromatic carbocycles. The van der Waals surface area contributed by atoms with E-state index in [0.29, 0.717) is 31.3 Å². The molecule has 0 bridgehead atoms. The van der Waals surface area contributed by atoms with Gasteiger partial charge in [-0.2, -0.15) is 8.42 Å². The zero-order valence-corrected chi connectivity index (χ0v) is 23.1. The third-order valence-electron chi connectivity index (χ3n) is 5.03. The van der Waals surface area contributed by atoms with Crippen molar-refractivity contribution in [2.45, 2.75) is 17.7 Å². The quantitative estimate of drug-likeness (QED) is 0.289. The number of benzene rings is 2. The van der Waals surface area contributed by atoms with Gasteiger partial charge in [-0.05, 0) is 60.7 Å². The lowest BCUT2D eigenvalue weighted by Crippen LogP contribution is -2.29. The van der Waals surface area contributed by atoms with Gasteiger partial charge >= 0.3 is 0 Å². The Hall–Kier alpha value is -2.50. The second-order valence-electron chi connectivity index (χ2n) is 7.36. The van der Waals surface area contributed by atoms with E-state index in [9.17, 15) is 13.2 Å². The molecule has 0 atom stereocenters. The van der Waals surface area contributed by atoms with E-state index in [1.807, 2.05) is 18.2 Å². The fraction of sp³-hybridized carbons (Fsp3) is 0.167. The van der Waals surface area contributed by atoms with E-state index in [-0.39, 0.29) is 28.4 Å². The van der Waals surface area contributed by atoms with Crippen LogP contribution < -0.4 is 9.47 Å². The van der Waals surface area contributed by atoms with Crippen molar-refractivity contribution < 1.29 is 22.7 Å². The predicted octanol–water partition coefficient (Wildman–Crippen LogP) is 6.32. The molecule has 0 aliphatic carbocycles. The minimum atomic E-state index is -4.01. The normalized spacial score (nSPS) is 16.2. The second kappa shape index (κ2) is 11.3. The molecule has 0 spiro atoms. The van der Waals surface area contributed by atoms with E-state index in [1.165, 1.54) is 24.1 Å². The molecule has 2 heterocycles. The highest BCUT2D eigenvalue weighted by Gasteiger charge is 2.34. The lowest BCUT2D eigenvalue weighted by atomic mass is 10.1. The van der Waals surface area contributed by atoms with Crippen LogP contribution in [0.15, 0.2) is 68.1 Å². The summed E-state index contributed by atoms with van der Waals surface area (Å²) in [4.78, 5) is 14.7. The van der Waals surface area contributed by atoms with Crippen molar-refractivity contribution in [1.29, 1.82) is 0 Å². The van der Waals surface area contributed by atoms with Crippen molar-refractivity contribution in [3.05, 3.63) is 80.0 Å². The summed E-state index contributed by atoms with van der Waals surface area (Å²) in [6.45, 7) is 2.24. The monoisotopic (exact) mass is 582 g/mol. The van der Waals surface area contributed by atoms with Crippen LogP contribution in [0.1, 0.15) is 18.1 Å². The number of rotatable bonds is 8. The number of likely N-dealkylation sites (N-methyl/N-ethyl adjacent to an activating group) is 1. The molecule has 1 fully saturated rings. The molecule has 0 radical (unpaired) electrons. The van der Waals surface area contributed by atoms with E-state index in [0.717, 1.165) is 28.7 Å². The largest absolute Gasteiger partial charge is 0.493 e. The molecule has 0 saturated carbocycles. The molecule has 188 valence electrons. The van der Waals surface area contributed by atoms with Crippen LogP contribution in [0.2, 0.25) is 9.36 Å². The van der Waals surface area contributed by atoms with Gasteiger partial charge in [0, 0.05) is 17.1 Å². The molecular formula is C24H20Cl2N2O5S3. The summed E-state index contributed by atoms with van der Waals surface area (Å²) < 4.78 is 41.1. The second-order valence-corrected chi connectivity index (χ2v) is 12.3. The van der Waals surface area contributed by atoms with Crippen molar-refractivity contribution >= 4 is 73.5 Å². The standard InChI is InChI=1S/C24H20Cl2N2O5S3/c1-3-28-23(29)20(34-24(28)27-36(30,31)22-11-10-21(26)35-22)13-15-8-9-18(32-2)19(12-15)33-14-16-6-4-5-7-17(16)25/h4-13H,3,14H2,1-2H3. The average Bonchev–Trinajstić information content (AvgIpc) is 3.41. The van der Waals surface area contributed by atoms with E-state index < -0.39 is 10.0 Å². The zero-order chi connectivity index (χ0) is 25.9. The number of amidine groups is 1. The predicted molar refractivity (Wildman–Crippen MR) is 146 cm³/mol. The first kappa shape index (κ1) is 26.6. The highest BCUT2D eigenvalue weighted by molar-refractivity contribution is 8.19. The van der Waals surface area contributed by atoms with Crippen LogP contribution in [0.3, 0.4) is 0 Å². The molecule has 0 N–H and O–H groups in total. The first-order valence-electron chi connectivity index (χ1n) is 10.6. The highest BCUT2D eigenvalue weighted by Crippen LogP contribution is 2.36. The number of nitrogens with zero attached hydrogens (tertiary/aromatic N) is 2. The number of thiophene rings is 1. The van der Waals surface area contributed by atoms with Crippen molar-refractivity contribution in [2.24, 2.45) is 4.40 Å². The molecule has 1 aliphatic heterocycles. The zero-order valence-electron chi connectivity index (χ0n) is 19.1. The maximum atomic E-state index is 13.0. The minimum absolute atomic E-state index is 0.0111. The van der Waals surface area contributed by atoms with Gasteiger partial charge < -0.3 is 9.47 Å². The molecule has 1 saturated heterocycles. The number of halogens is 2. The maximum absolute atomic E-state index is 13.0. The van der Waals surface area contributed by atoms with Gasteiger partial charge in [0.1, 0.15) is 10.8 Å².